The summed E-state index contributed by atoms with van der Waals surface area (Å²) in [5, 5.41) is 3.15. The second kappa shape index (κ2) is 4.07. The monoisotopic (exact) mass is 181 g/mol. The maximum atomic E-state index is 10.9. The Morgan fingerprint density at radius 2 is 2.46 bits per heavy atom. The van der Waals surface area contributed by atoms with Crippen molar-refractivity contribution in [2.75, 3.05) is 5.32 Å². The van der Waals surface area contributed by atoms with Crippen LogP contribution in [0.1, 0.15) is 37.7 Å². The van der Waals surface area contributed by atoms with Gasteiger partial charge in [0.25, 0.3) is 0 Å². The van der Waals surface area contributed by atoms with Gasteiger partial charge >= 0.3 is 0 Å². The molecule has 0 radical (unpaired) electrons. The van der Waals surface area contributed by atoms with Crippen molar-refractivity contribution in [2.45, 2.75) is 33.2 Å². The maximum absolute atomic E-state index is 10.9. The molecule has 4 heteroatoms. The molecular weight excluding hydrogens is 166 g/mol. The van der Waals surface area contributed by atoms with Crippen molar-refractivity contribution in [3.63, 3.8) is 0 Å². The van der Waals surface area contributed by atoms with Crippen LogP contribution >= 0.6 is 0 Å². The molecule has 0 spiro atoms. The highest BCUT2D eigenvalue weighted by Gasteiger charge is 2.05. The zero-order valence-electron chi connectivity index (χ0n) is 8.22. The highest BCUT2D eigenvalue weighted by molar-refractivity contribution is 5.92. The van der Waals surface area contributed by atoms with Crippen LogP contribution in [0.25, 0.3) is 0 Å². The molecular formula is C9H15N3O. The summed E-state index contributed by atoms with van der Waals surface area (Å²) in [6.45, 7) is 5.67. The minimum absolute atomic E-state index is 0.00435. The first kappa shape index (κ1) is 9.77. The standard InChI is InChI=1S/C9H15N3O/c1-4-6(2)11-9-10-5-8(12-9)7(3)13/h5-6H,4H2,1-3H3,(H2,10,11,12). The number of Topliss-reactive ketones (excluding diaryl/α,β-unsaturated/α-hetero) is 1. The quantitative estimate of drug-likeness (QED) is 0.696. The van der Waals surface area contributed by atoms with Gasteiger partial charge in [-0.2, -0.15) is 0 Å². The lowest BCUT2D eigenvalue weighted by Gasteiger charge is -2.08. The average Bonchev–Trinajstić information content (AvgIpc) is 2.52. The molecule has 0 fully saturated rings. The van der Waals surface area contributed by atoms with Crippen LogP contribution in [-0.4, -0.2) is 21.8 Å². The van der Waals surface area contributed by atoms with E-state index in [9.17, 15) is 4.79 Å². The number of carbonyl (C=O) groups is 1. The van der Waals surface area contributed by atoms with Crippen molar-refractivity contribution in [1.29, 1.82) is 0 Å². The van der Waals surface area contributed by atoms with Gasteiger partial charge in [-0.05, 0) is 13.3 Å². The number of hydrogen-bond acceptors (Lipinski definition) is 3. The van der Waals surface area contributed by atoms with E-state index in [0.29, 0.717) is 17.7 Å². The molecule has 0 aliphatic rings. The predicted molar refractivity (Wildman–Crippen MR) is 52.0 cm³/mol. The number of nitrogens with one attached hydrogen (secondary N) is 2. The lowest BCUT2D eigenvalue weighted by Crippen LogP contribution is -2.14. The number of anilines is 1. The summed E-state index contributed by atoms with van der Waals surface area (Å²) in [5.41, 5.74) is 0.547. The number of imidazole rings is 1. The number of hydrogen-bond donors (Lipinski definition) is 2. The summed E-state index contributed by atoms with van der Waals surface area (Å²) in [4.78, 5) is 17.9. The molecule has 4 nitrogen and oxygen atoms in total. The van der Waals surface area contributed by atoms with Crippen LogP contribution in [0.5, 0.6) is 0 Å². The second-order valence-electron chi connectivity index (χ2n) is 3.16. The number of rotatable bonds is 4. The van der Waals surface area contributed by atoms with Crippen molar-refractivity contribution in [3.8, 4) is 0 Å². The van der Waals surface area contributed by atoms with E-state index in [-0.39, 0.29) is 5.78 Å². The summed E-state index contributed by atoms with van der Waals surface area (Å²) < 4.78 is 0. The smallest absolute Gasteiger partial charge is 0.200 e. The summed E-state index contributed by atoms with van der Waals surface area (Å²) in [6.07, 6.45) is 2.57. The molecule has 2 N–H and O–H groups in total. The molecule has 1 rings (SSSR count). The summed E-state index contributed by atoms with van der Waals surface area (Å²) in [6, 6.07) is 0.367. The third kappa shape index (κ3) is 2.57. The van der Waals surface area contributed by atoms with Gasteiger partial charge in [-0.3, -0.25) is 4.79 Å². The van der Waals surface area contributed by atoms with Crippen molar-refractivity contribution < 1.29 is 4.79 Å². The maximum Gasteiger partial charge on any atom is 0.200 e. The lowest BCUT2D eigenvalue weighted by molar-refractivity contribution is 0.101. The van der Waals surface area contributed by atoms with Crippen LogP contribution < -0.4 is 5.32 Å². The van der Waals surface area contributed by atoms with Gasteiger partial charge in [-0.1, -0.05) is 6.92 Å². The molecule has 0 saturated carbocycles. The van der Waals surface area contributed by atoms with Crippen molar-refractivity contribution >= 4 is 11.7 Å². The molecule has 13 heavy (non-hydrogen) atoms. The van der Waals surface area contributed by atoms with E-state index in [1.54, 1.807) is 6.20 Å². The lowest BCUT2D eigenvalue weighted by atomic mass is 10.3. The zero-order chi connectivity index (χ0) is 9.84. The molecule has 1 atom stereocenters. The highest BCUT2D eigenvalue weighted by Crippen LogP contribution is 2.05. The first-order valence-electron chi connectivity index (χ1n) is 4.46. The Labute approximate surface area is 77.8 Å². The second-order valence-corrected chi connectivity index (χ2v) is 3.16. The van der Waals surface area contributed by atoms with Gasteiger partial charge in [0.05, 0.1) is 6.20 Å². The largest absolute Gasteiger partial charge is 0.353 e. The number of aromatic amines is 1. The third-order valence-corrected chi connectivity index (χ3v) is 1.95. The van der Waals surface area contributed by atoms with E-state index in [2.05, 4.69) is 29.1 Å². The van der Waals surface area contributed by atoms with Crippen LogP contribution in [0.2, 0.25) is 0 Å². The minimum atomic E-state index is 0.00435. The number of nitrogens with zero attached hydrogens (tertiary/aromatic N) is 1. The Morgan fingerprint density at radius 3 is 2.92 bits per heavy atom. The zero-order valence-corrected chi connectivity index (χ0v) is 8.22. The van der Waals surface area contributed by atoms with E-state index >= 15 is 0 Å². The molecule has 0 aliphatic carbocycles. The fraction of sp³-hybridized carbons (Fsp3) is 0.556. The van der Waals surface area contributed by atoms with Gasteiger partial charge < -0.3 is 10.3 Å². The van der Waals surface area contributed by atoms with E-state index < -0.39 is 0 Å². The van der Waals surface area contributed by atoms with Gasteiger partial charge in [-0.25, -0.2) is 4.98 Å². The van der Waals surface area contributed by atoms with E-state index in [1.165, 1.54) is 6.92 Å². The fourth-order valence-electron chi connectivity index (χ4n) is 0.909. The number of H-pyrrole nitrogens is 1. The van der Waals surface area contributed by atoms with Crippen LogP contribution in [0.15, 0.2) is 6.20 Å². The van der Waals surface area contributed by atoms with Gasteiger partial charge in [-0.15, -0.1) is 0 Å². The average molecular weight is 181 g/mol. The normalized spacial score (nSPS) is 12.5. The highest BCUT2D eigenvalue weighted by atomic mass is 16.1. The molecule has 0 aromatic carbocycles. The molecule has 0 aliphatic heterocycles. The van der Waals surface area contributed by atoms with Gasteiger partial charge in [0.15, 0.2) is 5.78 Å². The Balaban J connectivity index is 2.64. The SMILES string of the molecule is CCC(C)Nc1ncc(C(C)=O)[nH]1. The molecule has 1 aromatic heterocycles. The fourth-order valence-corrected chi connectivity index (χ4v) is 0.909. The van der Waals surface area contributed by atoms with Crippen molar-refractivity contribution in [1.82, 2.24) is 9.97 Å². The van der Waals surface area contributed by atoms with Crippen molar-refractivity contribution in [2.24, 2.45) is 0 Å². The molecule has 0 amide bonds. The number of carbonyl (C=O) groups excluding carboxylic acids is 1. The summed E-state index contributed by atoms with van der Waals surface area (Å²) >= 11 is 0. The van der Waals surface area contributed by atoms with E-state index in [4.69, 9.17) is 0 Å². The first-order chi connectivity index (χ1) is 6.13. The molecule has 1 aromatic rings. The molecule has 1 unspecified atom stereocenters. The van der Waals surface area contributed by atoms with Gasteiger partial charge in [0.2, 0.25) is 5.95 Å². The molecule has 0 bridgehead atoms. The van der Waals surface area contributed by atoms with E-state index in [1.807, 2.05) is 0 Å². The van der Waals surface area contributed by atoms with Crippen molar-refractivity contribution in [3.05, 3.63) is 11.9 Å². The molecule has 0 saturated heterocycles. The van der Waals surface area contributed by atoms with E-state index in [0.717, 1.165) is 6.42 Å². The van der Waals surface area contributed by atoms with Gasteiger partial charge in [0, 0.05) is 13.0 Å². The topological polar surface area (TPSA) is 57.8 Å². The summed E-state index contributed by atoms with van der Waals surface area (Å²) in [7, 11) is 0. The Hall–Kier alpha value is -1.32. The third-order valence-electron chi connectivity index (χ3n) is 1.95. The predicted octanol–water partition coefficient (Wildman–Crippen LogP) is 1.82. The Bertz CT molecular complexity index is 293. The van der Waals surface area contributed by atoms with Crippen LogP contribution in [-0.2, 0) is 0 Å². The summed E-state index contributed by atoms with van der Waals surface area (Å²) in [5.74, 6) is 0.671. The number of aromatic nitrogens is 2. The van der Waals surface area contributed by atoms with Crippen LogP contribution in [0, 0.1) is 0 Å². The Morgan fingerprint density at radius 1 is 1.77 bits per heavy atom. The Kier molecular flexibility index (Phi) is 3.06. The van der Waals surface area contributed by atoms with Gasteiger partial charge in [0.1, 0.15) is 5.69 Å². The van der Waals surface area contributed by atoms with Crippen LogP contribution in [0.3, 0.4) is 0 Å². The first-order valence-corrected chi connectivity index (χ1v) is 4.46. The molecule has 72 valence electrons. The molecule has 1 heterocycles. The minimum Gasteiger partial charge on any atom is -0.353 e. The van der Waals surface area contributed by atoms with Crippen LogP contribution in [0.4, 0.5) is 5.95 Å². The number of ketones is 1.